The summed E-state index contributed by atoms with van der Waals surface area (Å²) in [5.74, 6) is 0.0821. The van der Waals surface area contributed by atoms with Gasteiger partial charge in [-0.15, -0.1) is 0 Å². The average molecular weight is 276 g/mol. The van der Waals surface area contributed by atoms with Gasteiger partial charge < -0.3 is 4.74 Å². The third-order valence-corrected chi connectivity index (χ3v) is 3.21. The first kappa shape index (κ1) is 16.4. The van der Waals surface area contributed by atoms with Crippen molar-refractivity contribution in [3.63, 3.8) is 0 Å². The van der Waals surface area contributed by atoms with Crippen molar-refractivity contribution in [2.75, 3.05) is 6.61 Å². The van der Waals surface area contributed by atoms with E-state index in [0.29, 0.717) is 19.4 Å². The summed E-state index contributed by atoms with van der Waals surface area (Å²) in [7, 11) is 0. The van der Waals surface area contributed by atoms with Gasteiger partial charge in [-0.1, -0.05) is 42.7 Å². The summed E-state index contributed by atoms with van der Waals surface area (Å²) in [5.41, 5.74) is 1.96. The van der Waals surface area contributed by atoms with Crippen molar-refractivity contribution in [2.45, 2.75) is 52.4 Å². The van der Waals surface area contributed by atoms with Gasteiger partial charge in [0.25, 0.3) is 0 Å². The van der Waals surface area contributed by atoms with Crippen LogP contribution in [0.25, 0.3) is 0 Å². The quantitative estimate of drug-likeness (QED) is 0.388. The number of hydrogen-bond acceptors (Lipinski definition) is 3. The van der Waals surface area contributed by atoms with Gasteiger partial charge in [-0.2, -0.15) is 0 Å². The molecule has 3 heteroatoms. The van der Waals surface area contributed by atoms with Crippen LogP contribution in [0, 0.1) is 6.92 Å². The first-order valence-corrected chi connectivity index (χ1v) is 7.39. The molecule has 0 bridgehead atoms. The summed E-state index contributed by atoms with van der Waals surface area (Å²) < 4.78 is 4.86. The summed E-state index contributed by atoms with van der Waals surface area (Å²) in [4.78, 5) is 23.0. The number of ether oxygens (including phenoxy) is 1. The van der Waals surface area contributed by atoms with Crippen LogP contribution >= 0.6 is 0 Å². The first-order chi connectivity index (χ1) is 9.63. The third-order valence-electron chi connectivity index (χ3n) is 3.21. The molecule has 1 rings (SSSR count). The van der Waals surface area contributed by atoms with E-state index in [1.807, 2.05) is 38.1 Å². The second-order valence-electron chi connectivity index (χ2n) is 5.01. The molecule has 0 amide bonds. The van der Waals surface area contributed by atoms with Crippen LogP contribution < -0.4 is 0 Å². The number of esters is 1. The van der Waals surface area contributed by atoms with E-state index < -0.39 is 0 Å². The number of carbonyl (C=O) groups excluding carboxylic acids is 2. The van der Waals surface area contributed by atoms with Gasteiger partial charge in [-0.25, -0.2) is 0 Å². The number of aryl methyl sites for hydroxylation is 1. The van der Waals surface area contributed by atoms with E-state index >= 15 is 0 Å². The van der Waals surface area contributed by atoms with E-state index in [0.717, 1.165) is 31.2 Å². The van der Waals surface area contributed by atoms with Crippen LogP contribution in [-0.2, 0) is 9.53 Å². The normalized spacial score (nSPS) is 10.3. The lowest BCUT2D eigenvalue weighted by molar-refractivity contribution is -0.143. The number of rotatable bonds is 9. The molecule has 1 aromatic carbocycles. The maximum atomic E-state index is 11.9. The fourth-order valence-corrected chi connectivity index (χ4v) is 2.03. The molecule has 0 N–H and O–H groups in total. The number of Topliss-reactive ketones (excluding diaryl/α,β-unsaturated/α-hetero) is 1. The minimum Gasteiger partial charge on any atom is -0.466 e. The van der Waals surface area contributed by atoms with E-state index in [1.165, 1.54) is 5.56 Å². The van der Waals surface area contributed by atoms with Crippen LogP contribution in [0.1, 0.15) is 61.4 Å². The molecule has 0 aliphatic rings. The molecule has 0 heterocycles. The van der Waals surface area contributed by atoms with Crippen LogP contribution in [0.4, 0.5) is 0 Å². The number of ketones is 1. The highest BCUT2D eigenvalue weighted by Gasteiger charge is 2.05. The molecule has 0 radical (unpaired) electrons. The molecule has 0 atom stereocenters. The van der Waals surface area contributed by atoms with Crippen molar-refractivity contribution in [1.29, 1.82) is 0 Å². The fourth-order valence-electron chi connectivity index (χ4n) is 2.03. The monoisotopic (exact) mass is 276 g/mol. The molecule has 110 valence electrons. The Labute approximate surface area is 121 Å². The van der Waals surface area contributed by atoms with Gasteiger partial charge in [0.15, 0.2) is 5.78 Å². The molecule has 0 fully saturated rings. The minimum atomic E-state index is -0.122. The van der Waals surface area contributed by atoms with Crippen LogP contribution in [-0.4, -0.2) is 18.4 Å². The molecule has 0 aliphatic carbocycles. The Kier molecular flexibility index (Phi) is 7.63. The van der Waals surface area contributed by atoms with Gasteiger partial charge >= 0.3 is 5.97 Å². The predicted molar refractivity (Wildman–Crippen MR) is 79.8 cm³/mol. The highest BCUT2D eigenvalue weighted by molar-refractivity contribution is 5.96. The molecule has 0 unspecified atom stereocenters. The van der Waals surface area contributed by atoms with Crippen molar-refractivity contribution in [1.82, 2.24) is 0 Å². The Hall–Kier alpha value is -1.64. The van der Waals surface area contributed by atoms with E-state index in [1.54, 1.807) is 0 Å². The SMILES string of the molecule is CCOC(=O)CCCCCCC(=O)c1ccc(C)cc1. The standard InChI is InChI=1S/C17H24O3/c1-3-20-17(19)9-7-5-4-6-8-16(18)15-12-10-14(2)11-13-15/h10-13H,3-9H2,1-2H3. The van der Waals surface area contributed by atoms with E-state index in [9.17, 15) is 9.59 Å². The van der Waals surface area contributed by atoms with Gasteiger partial charge in [0, 0.05) is 18.4 Å². The van der Waals surface area contributed by atoms with Crippen molar-refractivity contribution >= 4 is 11.8 Å². The third kappa shape index (κ3) is 6.50. The second kappa shape index (κ2) is 9.29. The molecular formula is C17H24O3. The van der Waals surface area contributed by atoms with Crippen LogP contribution in [0.3, 0.4) is 0 Å². The summed E-state index contributed by atoms with van der Waals surface area (Å²) in [5, 5.41) is 0. The summed E-state index contributed by atoms with van der Waals surface area (Å²) >= 11 is 0. The zero-order valence-corrected chi connectivity index (χ0v) is 12.5. The second-order valence-corrected chi connectivity index (χ2v) is 5.01. The zero-order valence-electron chi connectivity index (χ0n) is 12.5. The van der Waals surface area contributed by atoms with Gasteiger partial charge in [-0.05, 0) is 26.7 Å². The summed E-state index contributed by atoms with van der Waals surface area (Å²) in [6, 6.07) is 7.70. The number of hydrogen-bond donors (Lipinski definition) is 0. The minimum absolute atomic E-state index is 0.122. The maximum Gasteiger partial charge on any atom is 0.305 e. The highest BCUT2D eigenvalue weighted by Crippen LogP contribution is 2.11. The van der Waals surface area contributed by atoms with Crippen LogP contribution in [0.15, 0.2) is 24.3 Å². The lowest BCUT2D eigenvalue weighted by atomic mass is 10.0. The molecule has 0 spiro atoms. The predicted octanol–water partition coefficient (Wildman–Crippen LogP) is 4.08. The highest BCUT2D eigenvalue weighted by atomic mass is 16.5. The number of carbonyl (C=O) groups is 2. The molecule has 1 aromatic rings. The smallest absolute Gasteiger partial charge is 0.305 e. The van der Waals surface area contributed by atoms with Gasteiger partial charge in [0.05, 0.1) is 6.61 Å². The summed E-state index contributed by atoms with van der Waals surface area (Å²) in [6.45, 7) is 4.27. The molecule has 0 saturated heterocycles. The van der Waals surface area contributed by atoms with Crippen molar-refractivity contribution in [2.24, 2.45) is 0 Å². The molecule has 0 aromatic heterocycles. The Bertz CT molecular complexity index is 420. The Morgan fingerprint density at radius 3 is 2.15 bits per heavy atom. The molecule has 0 aliphatic heterocycles. The van der Waals surface area contributed by atoms with Gasteiger partial charge in [0.2, 0.25) is 0 Å². The summed E-state index contributed by atoms with van der Waals surface area (Å²) in [6.07, 6.45) is 4.76. The zero-order chi connectivity index (χ0) is 14.8. The fraction of sp³-hybridized carbons (Fsp3) is 0.529. The number of benzene rings is 1. The van der Waals surface area contributed by atoms with E-state index in [-0.39, 0.29) is 11.8 Å². The van der Waals surface area contributed by atoms with Gasteiger partial charge in [0.1, 0.15) is 0 Å². The average Bonchev–Trinajstić information content (AvgIpc) is 2.43. The molecule has 3 nitrogen and oxygen atoms in total. The van der Waals surface area contributed by atoms with E-state index in [4.69, 9.17) is 4.74 Å². The van der Waals surface area contributed by atoms with Crippen LogP contribution in [0.5, 0.6) is 0 Å². The lowest BCUT2D eigenvalue weighted by Crippen LogP contribution is -2.03. The Morgan fingerprint density at radius 1 is 0.950 bits per heavy atom. The van der Waals surface area contributed by atoms with Gasteiger partial charge in [-0.3, -0.25) is 9.59 Å². The van der Waals surface area contributed by atoms with Crippen molar-refractivity contribution in [3.05, 3.63) is 35.4 Å². The van der Waals surface area contributed by atoms with E-state index in [2.05, 4.69) is 0 Å². The van der Waals surface area contributed by atoms with Crippen LogP contribution in [0.2, 0.25) is 0 Å². The van der Waals surface area contributed by atoms with Crippen molar-refractivity contribution in [3.8, 4) is 0 Å². The Balaban J connectivity index is 2.10. The molecule has 20 heavy (non-hydrogen) atoms. The largest absolute Gasteiger partial charge is 0.466 e. The lowest BCUT2D eigenvalue weighted by Gasteiger charge is -2.03. The topological polar surface area (TPSA) is 43.4 Å². The molecule has 0 saturated carbocycles. The Morgan fingerprint density at radius 2 is 1.55 bits per heavy atom. The first-order valence-electron chi connectivity index (χ1n) is 7.39. The maximum absolute atomic E-state index is 11.9. The molecular weight excluding hydrogens is 252 g/mol. The number of unbranched alkanes of at least 4 members (excludes halogenated alkanes) is 3. The van der Waals surface area contributed by atoms with Crippen molar-refractivity contribution < 1.29 is 14.3 Å².